The van der Waals surface area contributed by atoms with Crippen molar-refractivity contribution in [1.82, 2.24) is 4.90 Å². The molecule has 1 amide bonds. The molecule has 1 saturated heterocycles. The number of carbonyl (C=O) groups excluding carboxylic acids is 1. The fourth-order valence-electron chi connectivity index (χ4n) is 2.23. The van der Waals surface area contributed by atoms with Gasteiger partial charge in [-0.05, 0) is 46.8 Å². The van der Waals surface area contributed by atoms with Gasteiger partial charge in [0.25, 0.3) is 5.91 Å². The maximum atomic E-state index is 13.8. The molecule has 1 atom stereocenters. The van der Waals surface area contributed by atoms with Crippen LogP contribution in [0.4, 0.5) is 4.39 Å². The van der Waals surface area contributed by atoms with Crippen molar-refractivity contribution in [3.05, 3.63) is 33.0 Å². The lowest BCUT2D eigenvalue weighted by atomic mass is 9.99. The molecular formula is C13H14BrClFNO. The summed E-state index contributed by atoms with van der Waals surface area (Å²) in [5.41, 5.74) is 0.0837. The Kier molecular flexibility index (Phi) is 4.28. The quantitative estimate of drug-likeness (QED) is 0.708. The Bertz CT molecular complexity index is 480. The molecule has 2 rings (SSSR count). The maximum absolute atomic E-state index is 13.8. The molecule has 0 saturated carbocycles. The van der Waals surface area contributed by atoms with Crippen LogP contribution in [0.1, 0.15) is 30.1 Å². The van der Waals surface area contributed by atoms with Gasteiger partial charge in [-0.3, -0.25) is 4.79 Å². The molecule has 0 spiro atoms. The third-order valence-electron chi connectivity index (χ3n) is 3.18. The molecule has 1 aliphatic heterocycles. The molecule has 18 heavy (non-hydrogen) atoms. The van der Waals surface area contributed by atoms with Gasteiger partial charge in [-0.2, -0.15) is 0 Å². The molecule has 98 valence electrons. The topological polar surface area (TPSA) is 20.3 Å². The molecule has 1 aromatic carbocycles. The van der Waals surface area contributed by atoms with Gasteiger partial charge in [-0.15, -0.1) is 0 Å². The van der Waals surface area contributed by atoms with Crippen molar-refractivity contribution < 1.29 is 9.18 Å². The second-order valence-corrected chi connectivity index (χ2v) is 6.01. The lowest BCUT2D eigenvalue weighted by Gasteiger charge is -2.31. The van der Waals surface area contributed by atoms with E-state index in [0.717, 1.165) is 12.8 Å². The van der Waals surface area contributed by atoms with Crippen LogP contribution in [0, 0.1) is 11.7 Å². The highest BCUT2D eigenvalue weighted by atomic mass is 79.9. The predicted molar refractivity (Wildman–Crippen MR) is 73.4 cm³/mol. The van der Waals surface area contributed by atoms with Crippen molar-refractivity contribution in [2.45, 2.75) is 19.8 Å². The molecule has 0 aliphatic carbocycles. The number of halogens is 3. The van der Waals surface area contributed by atoms with E-state index in [4.69, 9.17) is 11.6 Å². The summed E-state index contributed by atoms with van der Waals surface area (Å²) < 4.78 is 14.3. The van der Waals surface area contributed by atoms with Crippen molar-refractivity contribution >= 4 is 33.4 Å². The van der Waals surface area contributed by atoms with Gasteiger partial charge in [0.2, 0.25) is 0 Å². The summed E-state index contributed by atoms with van der Waals surface area (Å²) in [5.74, 6) is -0.343. The zero-order valence-corrected chi connectivity index (χ0v) is 12.4. The van der Waals surface area contributed by atoms with Crippen LogP contribution in [-0.2, 0) is 0 Å². The number of piperidine rings is 1. The second-order valence-electron chi connectivity index (χ2n) is 4.74. The smallest absolute Gasteiger partial charge is 0.256 e. The van der Waals surface area contributed by atoms with Gasteiger partial charge in [-0.1, -0.05) is 18.5 Å². The van der Waals surface area contributed by atoms with Crippen molar-refractivity contribution in [3.63, 3.8) is 0 Å². The number of hydrogen-bond acceptors (Lipinski definition) is 1. The minimum absolute atomic E-state index is 0.0837. The summed E-state index contributed by atoms with van der Waals surface area (Å²) in [6, 6.07) is 2.63. The van der Waals surface area contributed by atoms with E-state index in [-0.39, 0.29) is 16.5 Å². The highest BCUT2D eigenvalue weighted by molar-refractivity contribution is 9.10. The van der Waals surface area contributed by atoms with E-state index < -0.39 is 5.82 Å². The number of rotatable bonds is 1. The van der Waals surface area contributed by atoms with Gasteiger partial charge >= 0.3 is 0 Å². The monoisotopic (exact) mass is 333 g/mol. The van der Waals surface area contributed by atoms with Gasteiger partial charge in [-0.25, -0.2) is 4.39 Å². The standard InChI is InChI=1S/C13H14BrClFNO/c1-8-3-2-4-17(7-8)13(18)9-5-10(14)11(15)6-12(9)16/h5-6,8H,2-4,7H2,1H3. The molecule has 0 aromatic heterocycles. The van der Waals surface area contributed by atoms with Crippen molar-refractivity contribution in [2.24, 2.45) is 5.92 Å². The van der Waals surface area contributed by atoms with E-state index in [9.17, 15) is 9.18 Å². The first-order chi connectivity index (χ1) is 8.49. The third-order valence-corrected chi connectivity index (χ3v) is 4.38. The largest absolute Gasteiger partial charge is 0.338 e. The molecule has 0 bridgehead atoms. The van der Waals surface area contributed by atoms with Crippen LogP contribution in [0.3, 0.4) is 0 Å². The lowest BCUT2D eigenvalue weighted by Crippen LogP contribution is -2.39. The fraction of sp³-hybridized carbons (Fsp3) is 0.462. The van der Waals surface area contributed by atoms with E-state index >= 15 is 0 Å². The molecule has 1 heterocycles. The molecule has 1 unspecified atom stereocenters. The van der Waals surface area contributed by atoms with Gasteiger partial charge in [0.1, 0.15) is 5.82 Å². The Morgan fingerprint density at radius 3 is 2.94 bits per heavy atom. The van der Waals surface area contributed by atoms with Gasteiger partial charge in [0.05, 0.1) is 10.6 Å². The molecular weight excluding hydrogens is 321 g/mol. The van der Waals surface area contributed by atoms with Crippen LogP contribution < -0.4 is 0 Å². The number of nitrogens with zero attached hydrogens (tertiary/aromatic N) is 1. The zero-order valence-electron chi connectivity index (χ0n) is 10.0. The van der Waals surface area contributed by atoms with Crippen LogP contribution in [0.5, 0.6) is 0 Å². The molecule has 5 heteroatoms. The van der Waals surface area contributed by atoms with Gasteiger partial charge in [0.15, 0.2) is 0 Å². The fourth-order valence-corrected chi connectivity index (χ4v) is 2.72. The van der Waals surface area contributed by atoms with Crippen molar-refractivity contribution in [3.8, 4) is 0 Å². The second kappa shape index (κ2) is 5.57. The Morgan fingerprint density at radius 2 is 2.28 bits per heavy atom. The summed E-state index contributed by atoms with van der Waals surface area (Å²) in [7, 11) is 0. The molecule has 1 fully saturated rings. The van der Waals surface area contributed by atoms with Crippen molar-refractivity contribution in [1.29, 1.82) is 0 Å². The summed E-state index contributed by atoms with van der Waals surface area (Å²) in [6.45, 7) is 3.49. The van der Waals surface area contributed by atoms with Crippen LogP contribution in [0.25, 0.3) is 0 Å². The predicted octanol–water partition coefficient (Wildman–Crippen LogP) is 4.11. The van der Waals surface area contributed by atoms with Gasteiger partial charge < -0.3 is 4.90 Å². The van der Waals surface area contributed by atoms with E-state index in [1.165, 1.54) is 12.1 Å². The average molecular weight is 335 g/mol. The number of carbonyl (C=O) groups is 1. The summed E-state index contributed by atoms with van der Waals surface area (Å²) in [6.07, 6.45) is 2.10. The maximum Gasteiger partial charge on any atom is 0.256 e. The number of benzene rings is 1. The SMILES string of the molecule is CC1CCCN(C(=O)c2cc(Br)c(Cl)cc2F)C1. The molecule has 0 N–H and O–H groups in total. The molecule has 1 aromatic rings. The average Bonchev–Trinajstić information content (AvgIpc) is 2.33. The zero-order chi connectivity index (χ0) is 13.3. The molecule has 0 radical (unpaired) electrons. The normalized spacial score (nSPS) is 20.0. The summed E-state index contributed by atoms with van der Waals surface area (Å²) in [5, 5.41) is 0.274. The Labute approximate surface area is 119 Å². The van der Waals surface area contributed by atoms with E-state index in [1.807, 2.05) is 0 Å². The van der Waals surface area contributed by atoms with Crippen LogP contribution in [0.2, 0.25) is 5.02 Å². The molecule has 2 nitrogen and oxygen atoms in total. The van der Waals surface area contributed by atoms with Gasteiger partial charge in [0, 0.05) is 17.6 Å². The van der Waals surface area contributed by atoms with Crippen LogP contribution >= 0.6 is 27.5 Å². The van der Waals surface area contributed by atoms with Crippen LogP contribution in [-0.4, -0.2) is 23.9 Å². The Hall–Kier alpha value is -0.610. The lowest BCUT2D eigenvalue weighted by molar-refractivity contribution is 0.0678. The first-order valence-electron chi connectivity index (χ1n) is 5.93. The Morgan fingerprint density at radius 1 is 1.56 bits per heavy atom. The highest BCUT2D eigenvalue weighted by Gasteiger charge is 2.24. The van der Waals surface area contributed by atoms with E-state index in [1.54, 1.807) is 4.90 Å². The van der Waals surface area contributed by atoms with Crippen molar-refractivity contribution in [2.75, 3.05) is 13.1 Å². The summed E-state index contributed by atoms with van der Waals surface area (Å²) in [4.78, 5) is 14.0. The highest BCUT2D eigenvalue weighted by Crippen LogP contribution is 2.27. The minimum Gasteiger partial charge on any atom is -0.338 e. The number of hydrogen-bond donors (Lipinski definition) is 0. The minimum atomic E-state index is -0.563. The summed E-state index contributed by atoms with van der Waals surface area (Å²) >= 11 is 9.00. The molecule has 1 aliphatic rings. The Balaban J connectivity index is 2.25. The first kappa shape index (κ1) is 13.8. The first-order valence-corrected chi connectivity index (χ1v) is 7.10. The number of likely N-dealkylation sites (tertiary alicyclic amines) is 1. The van der Waals surface area contributed by atoms with E-state index in [0.29, 0.717) is 23.5 Å². The van der Waals surface area contributed by atoms with E-state index in [2.05, 4.69) is 22.9 Å². The van der Waals surface area contributed by atoms with Crippen LogP contribution in [0.15, 0.2) is 16.6 Å². The number of amides is 1. The third kappa shape index (κ3) is 2.86.